The zero-order valence-electron chi connectivity index (χ0n) is 11.2. The van der Waals surface area contributed by atoms with E-state index in [1.165, 1.54) is 0 Å². The highest BCUT2D eigenvalue weighted by molar-refractivity contribution is 9.10. The highest BCUT2D eigenvalue weighted by Gasteiger charge is 2.15. The van der Waals surface area contributed by atoms with Gasteiger partial charge in [-0.3, -0.25) is 0 Å². The Labute approximate surface area is 138 Å². The molecule has 0 fully saturated rings. The lowest BCUT2D eigenvalue weighted by atomic mass is 9.96. The Hall–Kier alpha value is -1.55. The Bertz CT molecular complexity index is 758. The molecule has 1 unspecified atom stereocenters. The largest absolute Gasteiger partial charge is 0.507 e. The molecule has 108 valence electrons. The van der Waals surface area contributed by atoms with Gasteiger partial charge in [0.2, 0.25) is 0 Å². The van der Waals surface area contributed by atoms with Crippen LogP contribution in [0.5, 0.6) is 5.75 Å². The van der Waals surface area contributed by atoms with Crippen LogP contribution in [0.25, 0.3) is 10.8 Å². The smallest absolute Gasteiger partial charge is 0.128 e. The summed E-state index contributed by atoms with van der Waals surface area (Å²) in [6.07, 6.45) is 0. The van der Waals surface area contributed by atoms with Crippen molar-refractivity contribution >= 4 is 39.1 Å². The summed E-state index contributed by atoms with van der Waals surface area (Å²) in [4.78, 5) is 0. The molecule has 3 aromatic carbocycles. The molecule has 3 aromatic rings. The Kier molecular flexibility index (Phi) is 4.88. The highest BCUT2D eigenvalue weighted by Crippen LogP contribution is 2.34. The molecular weight excluding hydrogens is 350 g/mol. The summed E-state index contributed by atoms with van der Waals surface area (Å²) in [5, 5.41) is 12.3. The minimum Gasteiger partial charge on any atom is -0.507 e. The number of benzene rings is 3. The van der Waals surface area contributed by atoms with Gasteiger partial charge in [0.1, 0.15) is 5.75 Å². The van der Waals surface area contributed by atoms with Gasteiger partial charge in [0, 0.05) is 15.4 Å². The number of phenols is 1. The molecule has 0 aliphatic carbocycles. The van der Waals surface area contributed by atoms with Gasteiger partial charge in [-0.05, 0) is 23.1 Å². The number of hydrogen-bond acceptors (Lipinski definition) is 2. The van der Waals surface area contributed by atoms with Gasteiger partial charge in [-0.25, -0.2) is 0 Å². The number of aromatic hydroxyl groups is 1. The maximum Gasteiger partial charge on any atom is 0.128 e. The van der Waals surface area contributed by atoms with E-state index in [0.29, 0.717) is 0 Å². The fourth-order valence-corrected chi connectivity index (χ4v) is 2.64. The Morgan fingerprint density at radius 1 is 0.905 bits per heavy atom. The molecule has 0 heterocycles. The van der Waals surface area contributed by atoms with Crippen molar-refractivity contribution in [3.05, 3.63) is 76.3 Å². The van der Waals surface area contributed by atoms with E-state index in [-0.39, 0.29) is 24.2 Å². The van der Waals surface area contributed by atoms with Crippen molar-refractivity contribution in [2.45, 2.75) is 6.04 Å². The van der Waals surface area contributed by atoms with Crippen molar-refractivity contribution in [2.24, 2.45) is 5.73 Å². The fraction of sp³-hybridized carbons (Fsp3) is 0.0588. The third-order valence-corrected chi connectivity index (χ3v) is 4.02. The first kappa shape index (κ1) is 15.8. The molecule has 0 saturated carbocycles. The molecule has 3 N–H and O–H groups in total. The number of phenolic OH excluding ortho intramolecular Hbond substituents is 1. The molecule has 3 rings (SSSR count). The molecule has 0 aliphatic rings. The second-order valence-electron chi connectivity index (χ2n) is 4.75. The molecule has 1 atom stereocenters. The van der Waals surface area contributed by atoms with Gasteiger partial charge in [0.05, 0.1) is 6.04 Å². The van der Waals surface area contributed by atoms with E-state index in [1.807, 2.05) is 60.7 Å². The summed E-state index contributed by atoms with van der Waals surface area (Å²) < 4.78 is 1.01. The van der Waals surface area contributed by atoms with Gasteiger partial charge >= 0.3 is 0 Å². The van der Waals surface area contributed by atoms with Gasteiger partial charge < -0.3 is 10.8 Å². The molecule has 21 heavy (non-hydrogen) atoms. The van der Waals surface area contributed by atoms with Gasteiger partial charge in [0.25, 0.3) is 0 Å². The molecule has 4 heteroatoms. The number of rotatable bonds is 2. The number of fused-ring (bicyclic) bond motifs is 1. The minimum atomic E-state index is -0.340. The maximum absolute atomic E-state index is 10.4. The predicted octanol–water partition coefficient (Wildman–Crippen LogP) is 4.78. The van der Waals surface area contributed by atoms with Crippen molar-refractivity contribution in [1.29, 1.82) is 0 Å². The third kappa shape index (κ3) is 3.05. The number of nitrogens with two attached hydrogens (primary N) is 1. The van der Waals surface area contributed by atoms with E-state index in [1.54, 1.807) is 0 Å². The van der Waals surface area contributed by atoms with Crippen LogP contribution in [0.3, 0.4) is 0 Å². The molecule has 0 saturated heterocycles. The summed E-state index contributed by atoms with van der Waals surface area (Å²) >= 11 is 3.41. The first-order valence-corrected chi connectivity index (χ1v) is 7.18. The minimum absolute atomic E-state index is 0. The van der Waals surface area contributed by atoms with Gasteiger partial charge in [-0.2, -0.15) is 0 Å². The van der Waals surface area contributed by atoms with Crippen LogP contribution in [-0.2, 0) is 0 Å². The first-order chi connectivity index (χ1) is 9.66. The molecule has 0 spiro atoms. The van der Waals surface area contributed by atoms with E-state index in [4.69, 9.17) is 5.73 Å². The standard InChI is InChI=1S/C17H14BrNO.ClH/c18-13-8-5-12(6-9-13)16(19)15-10-7-11-3-1-2-4-14(11)17(15)20;/h1-10,16,20H,19H2;1H. The van der Waals surface area contributed by atoms with Crippen LogP contribution < -0.4 is 5.73 Å². The Morgan fingerprint density at radius 2 is 1.57 bits per heavy atom. The zero-order chi connectivity index (χ0) is 14.1. The molecule has 0 aromatic heterocycles. The zero-order valence-corrected chi connectivity index (χ0v) is 13.6. The van der Waals surface area contributed by atoms with Crippen LogP contribution in [0.1, 0.15) is 17.2 Å². The van der Waals surface area contributed by atoms with E-state index in [2.05, 4.69) is 15.9 Å². The topological polar surface area (TPSA) is 46.2 Å². The van der Waals surface area contributed by atoms with Crippen LogP contribution in [0.15, 0.2) is 65.1 Å². The number of halogens is 2. The summed E-state index contributed by atoms with van der Waals surface area (Å²) in [6, 6.07) is 19.1. The quantitative estimate of drug-likeness (QED) is 0.687. The lowest BCUT2D eigenvalue weighted by Crippen LogP contribution is -2.11. The van der Waals surface area contributed by atoms with E-state index >= 15 is 0 Å². The van der Waals surface area contributed by atoms with Gasteiger partial charge in [-0.15, -0.1) is 12.4 Å². The van der Waals surface area contributed by atoms with Crippen LogP contribution in [-0.4, -0.2) is 5.11 Å². The Balaban J connectivity index is 0.00000161. The van der Waals surface area contributed by atoms with Crippen LogP contribution in [0.4, 0.5) is 0 Å². The summed E-state index contributed by atoms with van der Waals surface area (Å²) in [5.74, 6) is 0.263. The second-order valence-corrected chi connectivity index (χ2v) is 5.67. The van der Waals surface area contributed by atoms with E-state index in [0.717, 1.165) is 26.4 Å². The van der Waals surface area contributed by atoms with Gasteiger partial charge in [-0.1, -0.05) is 64.5 Å². The first-order valence-electron chi connectivity index (χ1n) is 6.38. The van der Waals surface area contributed by atoms with Gasteiger partial charge in [0.15, 0.2) is 0 Å². The molecule has 2 nitrogen and oxygen atoms in total. The summed E-state index contributed by atoms with van der Waals surface area (Å²) in [7, 11) is 0. The summed E-state index contributed by atoms with van der Waals surface area (Å²) in [5.41, 5.74) is 8.00. The monoisotopic (exact) mass is 363 g/mol. The lowest BCUT2D eigenvalue weighted by Gasteiger charge is -2.15. The molecule has 0 bridgehead atoms. The van der Waals surface area contributed by atoms with Crippen molar-refractivity contribution in [3.8, 4) is 5.75 Å². The van der Waals surface area contributed by atoms with Crippen molar-refractivity contribution in [2.75, 3.05) is 0 Å². The Morgan fingerprint density at radius 3 is 2.29 bits per heavy atom. The average molecular weight is 365 g/mol. The summed E-state index contributed by atoms with van der Waals surface area (Å²) in [6.45, 7) is 0. The molecule has 0 amide bonds. The lowest BCUT2D eigenvalue weighted by molar-refractivity contribution is 0.472. The number of hydrogen-bond donors (Lipinski definition) is 2. The SMILES string of the molecule is Cl.NC(c1ccc(Br)cc1)c1ccc2ccccc2c1O. The van der Waals surface area contributed by atoms with Crippen molar-refractivity contribution < 1.29 is 5.11 Å². The van der Waals surface area contributed by atoms with Crippen LogP contribution in [0, 0.1) is 0 Å². The van der Waals surface area contributed by atoms with E-state index < -0.39 is 0 Å². The third-order valence-electron chi connectivity index (χ3n) is 3.50. The normalized spacial score (nSPS) is 11.9. The van der Waals surface area contributed by atoms with Crippen molar-refractivity contribution in [1.82, 2.24) is 0 Å². The molecule has 0 aliphatic heterocycles. The van der Waals surface area contributed by atoms with Crippen molar-refractivity contribution in [3.63, 3.8) is 0 Å². The fourth-order valence-electron chi connectivity index (χ4n) is 2.37. The molecule has 0 radical (unpaired) electrons. The van der Waals surface area contributed by atoms with Crippen LogP contribution in [0.2, 0.25) is 0 Å². The average Bonchev–Trinajstić information content (AvgIpc) is 2.48. The van der Waals surface area contributed by atoms with Crippen LogP contribution >= 0.6 is 28.3 Å². The second kappa shape index (κ2) is 6.48. The molecular formula is C17H15BrClNO. The highest BCUT2D eigenvalue weighted by atomic mass is 79.9. The van der Waals surface area contributed by atoms with E-state index in [9.17, 15) is 5.11 Å². The predicted molar refractivity (Wildman–Crippen MR) is 93.0 cm³/mol. The maximum atomic E-state index is 10.4.